The van der Waals surface area contributed by atoms with E-state index in [2.05, 4.69) is 4.98 Å². The average Bonchev–Trinajstić information content (AvgIpc) is 2.21. The number of hydrogen-bond donors (Lipinski definition) is 3. The second kappa shape index (κ2) is 5.34. The lowest BCUT2D eigenvalue weighted by Gasteiger charge is -2.10. The van der Waals surface area contributed by atoms with Gasteiger partial charge in [-0.25, -0.2) is 0 Å². The maximum Gasteiger partial charge on any atom is 0.250 e. The Morgan fingerprint density at radius 1 is 1.56 bits per heavy atom. The van der Waals surface area contributed by atoms with Crippen molar-refractivity contribution < 1.29 is 9.90 Å². The van der Waals surface area contributed by atoms with Gasteiger partial charge < -0.3 is 10.8 Å². The first-order chi connectivity index (χ1) is 7.54. The molecular formula is C11H16N2O3. The third-order valence-electron chi connectivity index (χ3n) is 2.64. The van der Waals surface area contributed by atoms with Crippen molar-refractivity contribution in [2.24, 2.45) is 11.7 Å². The van der Waals surface area contributed by atoms with Gasteiger partial charge in [0, 0.05) is 17.5 Å². The summed E-state index contributed by atoms with van der Waals surface area (Å²) in [5, 5.41) is 9.44. The number of aromatic hydroxyl groups is 1. The summed E-state index contributed by atoms with van der Waals surface area (Å²) in [5.41, 5.74) is 5.49. The summed E-state index contributed by atoms with van der Waals surface area (Å²) in [6, 6.07) is 2.90. The first kappa shape index (κ1) is 12.3. The second-order valence-electron chi connectivity index (χ2n) is 3.74. The number of aromatic amines is 1. The first-order valence-electron chi connectivity index (χ1n) is 5.25. The molecule has 5 nitrogen and oxygen atoms in total. The van der Waals surface area contributed by atoms with E-state index in [1.54, 1.807) is 6.07 Å². The van der Waals surface area contributed by atoms with Gasteiger partial charge in [-0.1, -0.05) is 6.92 Å². The molecule has 1 aromatic heterocycles. The van der Waals surface area contributed by atoms with Gasteiger partial charge in [0.1, 0.15) is 0 Å². The number of primary amides is 1. The van der Waals surface area contributed by atoms with E-state index in [0.29, 0.717) is 24.8 Å². The summed E-state index contributed by atoms with van der Waals surface area (Å²) in [5.74, 6) is -0.649. The molecule has 0 bridgehead atoms. The summed E-state index contributed by atoms with van der Waals surface area (Å²) in [7, 11) is 0. The highest BCUT2D eigenvalue weighted by molar-refractivity contribution is 5.76. The van der Waals surface area contributed by atoms with Crippen LogP contribution in [-0.2, 0) is 11.2 Å². The molecule has 1 amide bonds. The molecule has 0 aliphatic carbocycles. The molecule has 0 saturated carbocycles. The molecule has 0 radical (unpaired) electrons. The molecule has 0 fully saturated rings. The maximum absolute atomic E-state index is 11.0. The minimum Gasteiger partial charge on any atom is -0.494 e. The van der Waals surface area contributed by atoms with Crippen molar-refractivity contribution in [3.63, 3.8) is 0 Å². The number of carbonyl (C=O) groups is 1. The molecule has 16 heavy (non-hydrogen) atoms. The van der Waals surface area contributed by atoms with Crippen molar-refractivity contribution in [2.75, 3.05) is 0 Å². The Morgan fingerprint density at radius 3 is 2.75 bits per heavy atom. The molecule has 0 saturated heterocycles. The van der Waals surface area contributed by atoms with Crippen LogP contribution in [-0.4, -0.2) is 16.0 Å². The summed E-state index contributed by atoms with van der Waals surface area (Å²) < 4.78 is 0. The SMILES string of the molecule is CCC(CCc1ccc(=O)[nH]c1O)C(N)=O. The zero-order chi connectivity index (χ0) is 12.1. The molecule has 0 aliphatic heterocycles. The quantitative estimate of drug-likeness (QED) is 0.680. The number of nitrogens with two attached hydrogens (primary N) is 1. The Labute approximate surface area is 93.3 Å². The summed E-state index contributed by atoms with van der Waals surface area (Å²) >= 11 is 0. The number of H-pyrrole nitrogens is 1. The zero-order valence-electron chi connectivity index (χ0n) is 9.19. The van der Waals surface area contributed by atoms with Gasteiger partial charge in [-0.15, -0.1) is 0 Å². The van der Waals surface area contributed by atoms with E-state index in [0.717, 1.165) is 0 Å². The van der Waals surface area contributed by atoms with Crippen LogP contribution in [0.25, 0.3) is 0 Å². The van der Waals surface area contributed by atoms with E-state index in [4.69, 9.17) is 5.73 Å². The fourth-order valence-corrected chi connectivity index (χ4v) is 1.57. The highest BCUT2D eigenvalue weighted by Gasteiger charge is 2.13. The third kappa shape index (κ3) is 3.12. The monoisotopic (exact) mass is 224 g/mol. The number of nitrogens with one attached hydrogen (secondary N) is 1. The highest BCUT2D eigenvalue weighted by Crippen LogP contribution is 2.17. The van der Waals surface area contributed by atoms with Gasteiger partial charge in [0.25, 0.3) is 5.56 Å². The standard InChI is InChI=1S/C11H16N2O3/c1-2-7(10(12)15)3-4-8-5-6-9(14)13-11(8)16/h5-7H,2-4H2,1H3,(H2,12,15)(H2,13,14,16). The topological polar surface area (TPSA) is 96.2 Å². The lowest BCUT2D eigenvalue weighted by molar-refractivity contribution is -0.122. The Balaban J connectivity index is 2.67. The van der Waals surface area contributed by atoms with Crippen molar-refractivity contribution >= 4 is 5.91 Å². The molecule has 1 rings (SSSR count). The number of carbonyl (C=O) groups excluding carboxylic acids is 1. The molecule has 0 spiro atoms. The van der Waals surface area contributed by atoms with Crippen molar-refractivity contribution in [1.29, 1.82) is 0 Å². The third-order valence-corrected chi connectivity index (χ3v) is 2.64. The Bertz CT molecular complexity index is 425. The minimum absolute atomic E-state index is 0.133. The van der Waals surface area contributed by atoms with Crippen molar-refractivity contribution in [2.45, 2.75) is 26.2 Å². The molecule has 1 aromatic rings. The van der Waals surface area contributed by atoms with E-state index in [1.165, 1.54) is 6.07 Å². The van der Waals surface area contributed by atoms with E-state index in [-0.39, 0.29) is 23.3 Å². The number of aromatic nitrogens is 1. The average molecular weight is 224 g/mol. The van der Waals surface area contributed by atoms with Gasteiger partial charge in [0.05, 0.1) is 0 Å². The van der Waals surface area contributed by atoms with Crippen LogP contribution in [0.15, 0.2) is 16.9 Å². The van der Waals surface area contributed by atoms with Crippen molar-refractivity contribution in [1.82, 2.24) is 4.98 Å². The molecule has 1 heterocycles. The minimum atomic E-state index is -0.344. The fraction of sp³-hybridized carbons (Fsp3) is 0.455. The van der Waals surface area contributed by atoms with Crippen LogP contribution in [0.1, 0.15) is 25.3 Å². The lowest BCUT2D eigenvalue weighted by atomic mass is 9.97. The van der Waals surface area contributed by atoms with Crippen LogP contribution in [0, 0.1) is 5.92 Å². The highest BCUT2D eigenvalue weighted by atomic mass is 16.3. The normalized spacial score (nSPS) is 12.3. The number of amides is 1. The summed E-state index contributed by atoms with van der Waals surface area (Å²) in [4.78, 5) is 24.1. The molecule has 0 aliphatic rings. The molecule has 5 heteroatoms. The first-order valence-corrected chi connectivity index (χ1v) is 5.25. The van der Waals surface area contributed by atoms with Crippen LogP contribution >= 0.6 is 0 Å². The van der Waals surface area contributed by atoms with Crippen LogP contribution in [0.2, 0.25) is 0 Å². The number of rotatable bonds is 5. The zero-order valence-corrected chi connectivity index (χ0v) is 9.19. The largest absolute Gasteiger partial charge is 0.494 e. The predicted molar refractivity (Wildman–Crippen MR) is 60.0 cm³/mol. The maximum atomic E-state index is 11.0. The van der Waals surface area contributed by atoms with Gasteiger partial charge in [-0.2, -0.15) is 0 Å². The van der Waals surface area contributed by atoms with Crippen LogP contribution in [0.4, 0.5) is 0 Å². The van der Waals surface area contributed by atoms with Crippen LogP contribution in [0.5, 0.6) is 5.88 Å². The fourth-order valence-electron chi connectivity index (χ4n) is 1.57. The molecular weight excluding hydrogens is 208 g/mol. The van der Waals surface area contributed by atoms with Gasteiger partial charge >= 0.3 is 0 Å². The van der Waals surface area contributed by atoms with Gasteiger partial charge in [-0.3, -0.25) is 14.6 Å². The van der Waals surface area contributed by atoms with Crippen molar-refractivity contribution in [3.8, 4) is 5.88 Å². The van der Waals surface area contributed by atoms with Gasteiger partial charge in [0.2, 0.25) is 5.91 Å². The Hall–Kier alpha value is -1.78. The van der Waals surface area contributed by atoms with Crippen molar-refractivity contribution in [3.05, 3.63) is 28.0 Å². The van der Waals surface area contributed by atoms with Crippen LogP contribution in [0.3, 0.4) is 0 Å². The lowest BCUT2D eigenvalue weighted by Crippen LogP contribution is -2.23. The van der Waals surface area contributed by atoms with Gasteiger partial charge in [0.15, 0.2) is 5.88 Å². The predicted octanol–water partition coefficient (Wildman–Crippen LogP) is 0.525. The molecule has 1 unspecified atom stereocenters. The summed E-state index contributed by atoms with van der Waals surface area (Å²) in [6.07, 6.45) is 1.77. The Morgan fingerprint density at radius 2 is 2.25 bits per heavy atom. The number of aryl methyl sites for hydroxylation is 1. The molecule has 1 atom stereocenters. The molecule has 0 aromatic carbocycles. The number of hydrogen-bond acceptors (Lipinski definition) is 3. The van der Waals surface area contributed by atoms with E-state index in [9.17, 15) is 14.7 Å². The van der Waals surface area contributed by atoms with E-state index in [1.807, 2.05) is 6.92 Å². The number of pyridine rings is 1. The smallest absolute Gasteiger partial charge is 0.250 e. The van der Waals surface area contributed by atoms with E-state index < -0.39 is 0 Å². The second-order valence-corrected chi connectivity index (χ2v) is 3.74. The molecule has 88 valence electrons. The molecule has 4 N–H and O–H groups in total. The Kier molecular flexibility index (Phi) is 4.10. The van der Waals surface area contributed by atoms with Crippen LogP contribution < -0.4 is 11.3 Å². The summed E-state index contributed by atoms with van der Waals surface area (Å²) in [6.45, 7) is 1.89. The van der Waals surface area contributed by atoms with E-state index >= 15 is 0 Å². The van der Waals surface area contributed by atoms with Gasteiger partial charge in [-0.05, 0) is 25.3 Å².